The molecule has 0 bridgehead atoms. The van der Waals surface area contributed by atoms with Gasteiger partial charge in [-0.1, -0.05) is 12.5 Å². The van der Waals surface area contributed by atoms with Gasteiger partial charge in [0, 0.05) is 24.4 Å². The molecule has 2 rings (SSSR count). The third-order valence-corrected chi connectivity index (χ3v) is 4.91. The molecule has 21 heavy (non-hydrogen) atoms. The third kappa shape index (κ3) is 6.16. The molecule has 1 aliphatic rings. The lowest BCUT2D eigenvalue weighted by Crippen LogP contribution is -2.35. The number of ether oxygens (including phenoxy) is 2. The number of thioether (sulfide) groups is 1. The SMILES string of the molecule is COc1cccc(OCC(O)CNCC2CCCCS2)c1. The van der Waals surface area contributed by atoms with E-state index in [1.807, 2.05) is 36.0 Å². The standard InChI is InChI=1S/C16H25NO3S/c1-19-14-5-4-6-15(9-14)20-12-13(18)10-17-11-16-7-2-3-8-21-16/h4-6,9,13,16-18H,2-3,7-8,10-12H2,1H3. The molecule has 1 aliphatic heterocycles. The van der Waals surface area contributed by atoms with Crippen molar-refractivity contribution in [2.45, 2.75) is 30.6 Å². The number of aliphatic hydroxyl groups is 1. The van der Waals surface area contributed by atoms with Crippen LogP contribution in [0, 0.1) is 0 Å². The van der Waals surface area contributed by atoms with Crippen molar-refractivity contribution >= 4 is 11.8 Å². The molecule has 2 N–H and O–H groups in total. The summed E-state index contributed by atoms with van der Waals surface area (Å²) in [6.07, 6.45) is 3.47. The van der Waals surface area contributed by atoms with Gasteiger partial charge >= 0.3 is 0 Å². The third-order valence-electron chi connectivity index (χ3n) is 3.51. The number of hydrogen-bond donors (Lipinski definition) is 2. The number of methoxy groups -OCH3 is 1. The number of aliphatic hydroxyl groups excluding tert-OH is 1. The van der Waals surface area contributed by atoms with Crippen LogP contribution in [0.3, 0.4) is 0 Å². The maximum Gasteiger partial charge on any atom is 0.123 e. The largest absolute Gasteiger partial charge is 0.497 e. The highest BCUT2D eigenvalue weighted by Gasteiger charge is 2.14. The second kappa shape index (κ2) is 9.18. The van der Waals surface area contributed by atoms with Crippen LogP contribution in [0.1, 0.15) is 19.3 Å². The predicted octanol–water partition coefficient (Wildman–Crippen LogP) is 2.31. The van der Waals surface area contributed by atoms with Crippen molar-refractivity contribution in [3.8, 4) is 11.5 Å². The summed E-state index contributed by atoms with van der Waals surface area (Å²) < 4.78 is 10.7. The zero-order valence-corrected chi connectivity index (χ0v) is 13.4. The molecular formula is C16H25NO3S. The van der Waals surface area contributed by atoms with Gasteiger partial charge < -0.3 is 19.9 Å². The summed E-state index contributed by atoms with van der Waals surface area (Å²) in [5.74, 6) is 2.75. The Morgan fingerprint density at radius 1 is 1.38 bits per heavy atom. The van der Waals surface area contributed by atoms with Crippen LogP contribution in [0.15, 0.2) is 24.3 Å². The number of hydrogen-bond acceptors (Lipinski definition) is 5. The first-order chi connectivity index (χ1) is 10.3. The lowest BCUT2D eigenvalue weighted by Gasteiger charge is -2.22. The second-order valence-corrected chi connectivity index (χ2v) is 6.70. The lowest BCUT2D eigenvalue weighted by molar-refractivity contribution is 0.106. The molecule has 1 aromatic carbocycles. The lowest BCUT2D eigenvalue weighted by atomic mass is 10.2. The molecular weight excluding hydrogens is 286 g/mol. The molecule has 5 heteroatoms. The molecule has 4 nitrogen and oxygen atoms in total. The van der Waals surface area contributed by atoms with Crippen molar-refractivity contribution in [1.29, 1.82) is 0 Å². The van der Waals surface area contributed by atoms with Crippen LogP contribution in [0.4, 0.5) is 0 Å². The van der Waals surface area contributed by atoms with E-state index in [4.69, 9.17) is 9.47 Å². The van der Waals surface area contributed by atoms with E-state index in [2.05, 4.69) is 5.32 Å². The van der Waals surface area contributed by atoms with Gasteiger partial charge in [-0.2, -0.15) is 11.8 Å². The van der Waals surface area contributed by atoms with Crippen molar-refractivity contribution < 1.29 is 14.6 Å². The van der Waals surface area contributed by atoms with Gasteiger partial charge in [0.2, 0.25) is 0 Å². The van der Waals surface area contributed by atoms with Gasteiger partial charge in [-0.15, -0.1) is 0 Å². The van der Waals surface area contributed by atoms with Crippen molar-refractivity contribution in [3.63, 3.8) is 0 Å². The van der Waals surface area contributed by atoms with Crippen LogP contribution in [0.25, 0.3) is 0 Å². The van der Waals surface area contributed by atoms with Crippen molar-refractivity contribution in [3.05, 3.63) is 24.3 Å². The minimum Gasteiger partial charge on any atom is -0.497 e. The maximum absolute atomic E-state index is 9.94. The Labute approximate surface area is 131 Å². The first-order valence-corrected chi connectivity index (χ1v) is 8.60. The Morgan fingerprint density at radius 2 is 2.24 bits per heavy atom. The van der Waals surface area contributed by atoms with Crippen molar-refractivity contribution in [2.24, 2.45) is 0 Å². The summed E-state index contributed by atoms with van der Waals surface area (Å²) in [5.41, 5.74) is 0. The molecule has 1 aromatic rings. The monoisotopic (exact) mass is 311 g/mol. The van der Waals surface area contributed by atoms with E-state index in [9.17, 15) is 5.11 Å². The molecule has 1 fully saturated rings. The smallest absolute Gasteiger partial charge is 0.123 e. The Kier molecular flexibility index (Phi) is 7.19. The van der Waals surface area contributed by atoms with Gasteiger partial charge in [-0.25, -0.2) is 0 Å². The fourth-order valence-corrected chi connectivity index (χ4v) is 3.59. The van der Waals surface area contributed by atoms with E-state index in [1.54, 1.807) is 7.11 Å². The molecule has 0 radical (unpaired) electrons. The van der Waals surface area contributed by atoms with Crippen LogP contribution in [-0.2, 0) is 0 Å². The Bertz CT molecular complexity index is 410. The number of nitrogens with one attached hydrogen (secondary N) is 1. The Morgan fingerprint density at radius 3 is 3.00 bits per heavy atom. The molecule has 1 heterocycles. The zero-order valence-electron chi connectivity index (χ0n) is 12.6. The Hall–Kier alpha value is -0.910. The fourth-order valence-electron chi connectivity index (χ4n) is 2.32. The zero-order chi connectivity index (χ0) is 14.9. The maximum atomic E-state index is 9.94. The molecule has 1 saturated heterocycles. The summed E-state index contributed by atoms with van der Waals surface area (Å²) in [7, 11) is 1.63. The average Bonchev–Trinajstić information content (AvgIpc) is 2.54. The summed E-state index contributed by atoms with van der Waals surface area (Å²) >= 11 is 2.04. The first kappa shape index (κ1) is 16.5. The summed E-state index contributed by atoms with van der Waals surface area (Å²) in [6, 6.07) is 7.42. The van der Waals surface area contributed by atoms with Gasteiger partial charge in [0.25, 0.3) is 0 Å². The molecule has 118 valence electrons. The van der Waals surface area contributed by atoms with E-state index in [1.165, 1.54) is 25.0 Å². The van der Waals surface area contributed by atoms with Crippen molar-refractivity contribution in [1.82, 2.24) is 5.32 Å². The average molecular weight is 311 g/mol. The second-order valence-electron chi connectivity index (χ2n) is 5.29. The molecule has 0 aliphatic carbocycles. The minimum atomic E-state index is -0.496. The van der Waals surface area contributed by atoms with Gasteiger partial charge in [0.15, 0.2) is 0 Å². The van der Waals surface area contributed by atoms with E-state index in [0.717, 1.165) is 18.0 Å². The van der Waals surface area contributed by atoms with Gasteiger partial charge in [0.05, 0.1) is 7.11 Å². The van der Waals surface area contributed by atoms with Crippen LogP contribution in [-0.4, -0.2) is 49.0 Å². The van der Waals surface area contributed by atoms with Crippen LogP contribution in [0.5, 0.6) is 11.5 Å². The minimum absolute atomic E-state index is 0.290. The number of benzene rings is 1. The summed E-state index contributed by atoms with van der Waals surface area (Å²) in [6.45, 7) is 1.83. The molecule has 0 spiro atoms. The fraction of sp³-hybridized carbons (Fsp3) is 0.625. The van der Waals surface area contributed by atoms with Crippen molar-refractivity contribution in [2.75, 3.05) is 32.6 Å². The van der Waals surface area contributed by atoms with Crippen LogP contribution < -0.4 is 14.8 Å². The molecule has 0 aromatic heterocycles. The van der Waals surface area contributed by atoms with Crippen LogP contribution in [0.2, 0.25) is 0 Å². The quantitative estimate of drug-likeness (QED) is 0.771. The Balaban J connectivity index is 1.61. The van der Waals surface area contributed by atoms with E-state index in [-0.39, 0.29) is 6.61 Å². The highest BCUT2D eigenvalue weighted by atomic mass is 32.2. The highest BCUT2D eigenvalue weighted by molar-refractivity contribution is 7.99. The molecule has 2 unspecified atom stereocenters. The first-order valence-electron chi connectivity index (χ1n) is 7.55. The predicted molar refractivity (Wildman–Crippen MR) is 87.5 cm³/mol. The van der Waals surface area contributed by atoms with Gasteiger partial charge in [-0.3, -0.25) is 0 Å². The molecule has 2 atom stereocenters. The molecule has 0 amide bonds. The van der Waals surface area contributed by atoms with E-state index >= 15 is 0 Å². The normalized spacial score (nSPS) is 20.0. The van der Waals surface area contributed by atoms with Crippen LogP contribution >= 0.6 is 11.8 Å². The van der Waals surface area contributed by atoms with E-state index in [0.29, 0.717) is 11.8 Å². The summed E-state index contributed by atoms with van der Waals surface area (Å²) in [4.78, 5) is 0. The molecule has 0 saturated carbocycles. The van der Waals surface area contributed by atoms with Gasteiger partial charge in [-0.05, 0) is 30.7 Å². The number of rotatable bonds is 8. The van der Waals surface area contributed by atoms with Gasteiger partial charge in [0.1, 0.15) is 24.2 Å². The highest BCUT2D eigenvalue weighted by Crippen LogP contribution is 2.24. The van der Waals surface area contributed by atoms with E-state index < -0.39 is 6.10 Å². The topological polar surface area (TPSA) is 50.7 Å². The summed E-state index contributed by atoms with van der Waals surface area (Å²) in [5, 5.41) is 14.0.